The number of carboxylic acid groups (broad SMARTS) is 1. The van der Waals surface area contributed by atoms with Crippen molar-refractivity contribution in [1.29, 1.82) is 0 Å². The fourth-order valence-electron chi connectivity index (χ4n) is 3.48. The molecule has 0 saturated carbocycles. The van der Waals surface area contributed by atoms with Crippen LogP contribution in [0.3, 0.4) is 0 Å². The summed E-state index contributed by atoms with van der Waals surface area (Å²) in [6, 6.07) is 9.47. The van der Waals surface area contributed by atoms with Crippen LogP contribution in [0.15, 0.2) is 56.6 Å². The Balaban J connectivity index is 1.39. The number of hydrogen-bond donors (Lipinski definition) is 2. The maximum atomic E-state index is 12.7. The Kier molecular flexibility index (Phi) is 6.98. The van der Waals surface area contributed by atoms with Crippen molar-refractivity contribution in [3.63, 3.8) is 0 Å². The number of aliphatic carboxylic acids is 1. The highest BCUT2D eigenvalue weighted by molar-refractivity contribution is 9.10. The minimum absolute atomic E-state index is 0.00216. The summed E-state index contributed by atoms with van der Waals surface area (Å²) in [5.74, 6) is -1.73. The van der Waals surface area contributed by atoms with Gasteiger partial charge < -0.3 is 24.3 Å². The number of benzene rings is 1. The molecule has 2 N–H and O–H groups in total. The Bertz CT molecular complexity index is 1190. The Morgan fingerprint density at radius 2 is 2.00 bits per heavy atom. The van der Waals surface area contributed by atoms with Gasteiger partial charge in [-0.1, -0.05) is 12.1 Å². The van der Waals surface area contributed by atoms with E-state index in [4.69, 9.17) is 13.9 Å². The number of amides is 2. The number of hydrogen-bond acceptors (Lipinski definition) is 8. The highest BCUT2D eigenvalue weighted by Gasteiger charge is 2.54. The summed E-state index contributed by atoms with van der Waals surface area (Å²) in [6.07, 6.45) is 0. The number of furan rings is 1. The van der Waals surface area contributed by atoms with Gasteiger partial charge in [-0.05, 0) is 40.2 Å². The van der Waals surface area contributed by atoms with Crippen molar-refractivity contribution in [2.75, 3.05) is 12.4 Å². The van der Waals surface area contributed by atoms with Crippen LogP contribution < -0.4 is 10.1 Å². The van der Waals surface area contributed by atoms with Crippen LogP contribution >= 0.6 is 27.7 Å². The molecule has 178 valence electrons. The van der Waals surface area contributed by atoms with E-state index in [0.29, 0.717) is 17.1 Å². The predicted molar refractivity (Wildman–Crippen MR) is 123 cm³/mol. The fourth-order valence-corrected chi connectivity index (χ4v) is 5.21. The number of para-hydroxylation sites is 1. The summed E-state index contributed by atoms with van der Waals surface area (Å²) in [7, 11) is 0. The standard InChI is InChI=1S/C22H19BrN2O8S/c1-11(26)31-8-12-10-34-21-17(20(28)25(21)18(12)22(29)30)24-19(27)16-7-6-13(33-16)9-32-15-5-3-2-4-14(15)23/h2-7,17,21H,8-10H2,1H3,(H,24,27)(H,29,30)/t17-,21+/m1/s1. The molecule has 12 heteroatoms. The van der Waals surface area contributed by atoms with Gasteiger partial charge in [-0.3, -0.25) is 19.3 Å². The number of halogens is 1. The monoisotopic (exact) mass is 550 g/mol. The van der Waals surface area contributed by atoms with Gasteiger partial charge in [0.15, 0.2) is 5.76 Å². The summed E-state index contributed by atoms with van der Waals surface area (Å²) >= 11 is 4.66. The minimum atomic E-state index is -1.30. The zero-order chi connectivity index (χ0) is 24.4. The number of nitrogens with one attached hydrogen (secondary N) is 1. The van der Waals surface area contributed by atoms with Gasteiger partial charge in [0, 0.05) is 18.2 Å². The topological polar surface area (TPSA) is 135 Å². The lowest BCUT2D eigenvalue weighted by Crippen LogP contribution is -2.70. The van der Waals surface area contributed by atoms with Gasteiger partial charge in [0.1, 0.15) is 41.8 Å². The maximum Gasteiger partial charge on any atom is 0.352 e. The van der Waals surface area contributed by atoms with E-state index in [-0.39, 0.29) is 30.4 Å². The summed E-state index contributed by atoms with van der Waals surface area (Å²) in [6.45, 7) is 1.10. The van der Waals surface area contributed by atoms with Crippen LogP contribution in [-0.4, -0.2) is 57.5 Å². The molecule has 2 aliphatic heterocycles. The minimum Gasteiger partial charge on any atom is -0.484 e. The van der Waals surface area contributed by atoms with Crippen LogP contribution in [0.2, 0.25) is 0 Å². The van der Waals surface area contributed by atoms with Crippen LogP contribution in [0.5, 0.6) is 5.75 Å². The van der Waals surface area contributed by atoms with Gasteiger partial charge in [0.25, 0.3) is 11.8 Å². The number of nitrogens with zero attached hydrogens (tertiary/aromatic N) is 1. The number of β-lactam (4-membered cyclic amide) rings is 1. The van der Waals surface area contributed by atoms with Crippen LogP contribution in [0.25, 0.3) is 0 Å². The molecule has 1 saturated heterocycles. The third-order valence-electron chi connectivity index (χ3n) is 5.08. The van der Waals surface area contributed by atoms with E-state index in [9.17, 15) is 24.3 Å². The molecule has 4 rings (SSSR count). The molecule has 0 radical (unpaired) electrons. The first-order valence-electron chi connectivity index (χ1n) is 10.1. The first-order valence-corrected chi connectivity index (χ1v) is 11.9. The number of esters is 1. The molecule has 0 bridgehead atoms. The number of fused-ring (bicyclic) bond motifs is 1. The average Bonchev–Trinajstić information content (AvgIpc) is 3.28. The second-order valence-corrected chi connectivity index (χ2v) is 9.34. The van der Waals surface area contributed by atoms with Gasteiger partial charge in [0.05, 0.1) is 4.47 Å². The molecule has 1 aromatic carbocycles. The van der Waals surface area contributed by atoms with Crippen molar-refractivity contribution >= 4 is 51.4 Å². The van der Waals surface area contributed by atoms with E-state index in [1.165, 1.54) is 24.8 Å². The van der Waals surface area contributed by atoms with Gasteiger partial charge in [-0.2, -0.15) is 0 Å². The zero-order valence-corrected chi connectivity index (χ0v) is 20.2. The van der Waals surface area contributed by atoms with E-state index in [2.05, 4.69) is 21.2 Å². The zero-order valence-electron chi connectivity index (χ0n) is 17.8. The molecule has 2 atom stereocenters. The third-order valence-corrected chi connectivity index (χ3v) is 7.07. The van der Waals surface area contributed by atoms with E-state index in [1.807, 2.05) is 18.2 Å². The Labute approximate surface area is 206 Å². The van der Waals surface area contributed by atoms with Gasteiger partial charge >= 0.3 is 11.9 Å². The van der Waals surface area contributed by atoms with Crippen LogP contribution in [-0.2, 0) is 25.7 Å². The average molecular weight is 551 g/mol. The van der Waals surface area contributed by atoms with Gasteiger partial charge in [-0.15, -0.1) is 11.8 Å². The number of carboxylic acids is 1. The lowest BCUT2D eigenvalue weighted by Gasteiger charge is -2.49. The van der Waals surface area contributed by atoms with Gasteiger partial charge in [0.2, 0.25) is 0 Å². The van der Waals surface area contributed by atoms with Crippen molar-refractivity contribution in [1.82, 2.24) is 10.2 Å². The maximum absolute atomic E-state index is 12.7. The molecule has 0 spiro atoms. The quantitative estimate of drug-likeness (QED) is 0.375. The van der Waals surface area contributed by atoms with E-state index in [0.717, 1.165) is 9.37 Å². The second-order valence-electron chi connectivity index (χ2n) is 7.38. The largest absolute Gasteiger partial charge is 0.484 e. The SMILES string of the molecule is CC(=O)OCC1=C(C(=O)O)N2C(=O)[C@@H](NC(=O)c3ccc(COc4ccccc4Br)o3)[C@@H]2SC1. The summed E-state index contributed by atoms with van der Waals surface area (Å²) in [5.41, 5.74) is 0.104. The smallest absolute Gasteiger partial charge is 0.352 e. The molecule has 2 aromatic rings. The highest BCUT2D eigenvalue weighted by Crippen LogP contribution is 2.40. The molecule has 34 heavy (non-hydrogen) atoms. The second kappa shape index (κ2) is 9.94. The van der Waals surface area contributed by atoms with Crippen molar-refractivity contribution in [3.8, 4) is 5.75 Å². The van der Waals surface area contributed by atoms with Crippen molar-refractivity contribution < 1.29 is 38.2 Å². The van der Waals surface area contributed by atoms with Crippen molar-refractivity contribution in [2.24, 2.45) is 0 Å². The summed E-state index contributed by atoms with van der Waals surface area (Å²) < 4.78 is 16.9. The van der Waals surface area contributed by atoms with Crippen LogP contribution in [0, 0.1) is 0 Å². The lowest BCUT2D eigenvalue weighted by molar-refractivity contribution is -0.149. The summed E-state index contributed by atoms with van der Waals surface area (Å²) in [4.78, 5) is 49.3. The number of ether oxygens (including phenoxy) is 2. The lowest BCUT2D eigenvalue weighted by atomic mass is 10.0. The van der Waals surface area contributed by atoms with Crippen LogP contribution in [0.1, 0.15) is 23.2 Å². The summed E-state index contributed by atoms with van der Waals surface area (Å²) in [5, 5.41) is 11.6. The molecule has 10 nitrogen and oxygen atoms in total. The Morgan fingerprint density at radius 1 is 1.24 bits per heavy atom. The first kappa shape index (κ1) is 23.9. The number of carbonyl (C=O) groups is 4. The van der Waals surface area contributed by atoms with E-state index in [1.54, 1.807) is 12.1 Å². The molecule has 0 aliphatic carbocycles. The highest BCUT2D eigenvalue weighted by atomic mass is 79.9. The predicted octanol–water partition coefficient (Wildman–Crippen LogP) is 2.54. The Hall–Kier alpha value is -3.25. The molecular weight excluding hydrogens is 532 g/mol. The van der Waals surface area contributed by atoms with Crippen molar-refractivity contribution in [2.45, 2.75) is 24.9 Å². The normalized spacial score (nSPS) is 19.2. The molecule has 1 fully saturated rings. The first-order chi connectivity index (χ1) is 16.3. The third kappa shape index (κ3) is 4.82. The number of carbonyl (C=O) groups excluding carboxylic acids is 3. The van der Waals surface area contributed by atoms with E-state index >= 15 is 0 Å². The molecule has 0 unspecified atom stereocenters. The molecular formula is C22H19BrN2O8S. The number of rotatable bonds is 8. The number of thioether (sulfide) groups is 1. The molecule has 3 heterocycles. The molecule has 2 aliphatic rings. The molecule has 2 amide bonds. The van der Waals surface area contributed by atoms with Crippen LogP contribution in [0.4, 0.5) is 0 Å². The van der Waals surface area contributed by atoms with E-state index < -0.39 is 35.2 Å². The van der Waals surface area contributed by atoms with Gasteiger partial charge in [-0.25, -0.2) is 4.79 Å². The molecule has 1 aromatic heterocycles. The fraction of sp³-hybridized carbons (Fsp3) is 0.273. The Morgan fingerprint density at radius 3 is 2.71 bits per heavy atom. The van der Waals surface area contributed by atoms with Crippen molar-refractivity contribution in [3.05, 3.63) is 63.7 Å².